The van der Waals surface area contributed by atoms with Crippen LogP contribution >= 0.6 is 23.8 Å². The standard InChI is InChI=1S/C18H15ClN6S/c19-13-8-6-12(7-9-13)15-14(16(20)24-18(26)23-15)17(21)25-22-10-11-4-2-1-3-5-11/h1-10H,(H2,21,25)(H3,20,23,24,26)/b22-10+. The number of H-pyrrole nitrogens is 1. The second-order valence-electron chi connectivity index (χ2n) is 5.32. The van der Waals surface area contributed by atoms with Crippen molar-refractivity contribution in [2.75, 3.05) is 5.73 Å². The van der Waals surface area contributed by atoms with Crippen molar-refractivity contribution in [2.24, 2.45) is 15.9 Å². The zero-order chi connectivity index (χ0) is 18.5. The number of anilines is 1. The van der Waals surface area contributed by atoms with Crippen molar-refractivity contribution in [1.82, 2.24) is 9.97 Å². The molecule has 1 heterocycles. The summed E-state index contributed by atoms with van der Waals surface area (Å²) in [6.07, 6.45) is 1.60. The quantitative estimate of drug-likeness (QED) is 0.276. The Balaban J connectivity index is 2.03. The highest BCUT2D eigenvalue weighted by Crippen LogP contribution is 2.25. The van der Waals surface area contributed by atoms with Crippen LogP contribution < -0.4 is 11.5 Å². The van der Waals surface area contributed by atoms with E-state index in [0.717, 1.165) is 11.1 Å². The van der Waals surface area contributed by atoms with Gasteiger partial charge < -0.3 is 16.5 Å². The van der Waals surface area contributed by atoms with Crippen molar-refractivity contribution in [3.8, 4) is 11.3 Å². The second-order valence-corrected chi connectivity index (χ2v) is 6.15. The van der Waals surface area contributed by atoms with Gasteiger partial charge in [0.05, 0.1) is 17.5 Å². The largest absolute Gasteiger partial charge is 0.383 e. The van der Waals surface area contributed by atoms with Crippen LogP contribution in [0.15, 0.2) is 64.8 Å². The molecule has 0 aliphatic heterocycles. The van der Waals surface area contributed by atoms with Gasteiger partial charge in [-0.1, -0.05) is 54.1 Å². The van der Waals surface area contributed by atoms with Crippen LogP contribution in [0.5, 0.6) is 0 Å². The number of nitrogen functional groups attached to an aromatic ring is 1. The number of benzene rings is 2. The highest BCUT2D eigenvalue weighted by atomic mass is 35.5. The van der Waals surface area contributed by atoms with Gasteiger partial charge in [-0.25, -0.2) is 4.98 Å². The molecule has 3 rings (SSSR count). The third kappa shape index (κ3) is 4.14. The topological polar surface area (TPSA) is 105 Å². The number of nitrogens with zero attached hydrogens (tertiary/aromatic N) is 3. The van der Waals surface area contributed by atoms with Gasteiger partial charge in [0, 0.05) is 5.02 Å². The van der Waals surface area contributed by atoms with Crippen LogP contribution in [-0.4, -0.2) is 22.0 Å². The molecule has 0 saturated heterocycles. The molecule has 5 N–H and O–H groups in total. The van der Waals surface area contributed by atoms with Crippen molar-refractivity contribution in [3.05, 3.63) is 75.5 Å². The summed E-state index contributed by atoms with van der Waals surface area (Å²) in [5.41, 5.74) is 14.9. The number of aromatic nitrogens is 2. The van der Waals surface area contributed by atoms with Gasteiger partial charge in [0.2, 0.25) is 0 Å². The van der Waals surface area contributed by atoms with E-state index < -0.39 is 0 Å². The molecule has 0 aliphatic rings. The molecule has 8 heteroatoms. The van der Waals surface area contributed by atoms with E-state index in [4.69, 9.17) is 35.3 Å². The SMILES string of the molecule is N/C(=N\N=C\c1ccccc1)c1c(N)nc(=S)[nH]c1-c1ccc(Cl)cc1. The van der Waals surface area contributed by atoms with Gasteiger partial charge in [0.15, 0.2) is 10.6 Å². The number of aromatic amines is 1. The summed E-state index contributed by atoms with van der Waals surface area (Å²) in [6.45, 7) is 0. The van der Waals surface area contributed by atoms with Gasteiger partial charge in [-0.05, 0) is 35.5 Å². The van der Waals surface area contributed by atoms with Crippen LogP contribution in [0.2, 0.25) is 5.02 Å². The lowest BCUT2D eigenvalue weighted by Gasteiger charge is -2.11. The fraction of sp³-hybridized carbons (Fsp3) is 0. The Labute approximate surface area is 160 Å². The summed E-state index contributed by atoms with van der Waals surface area (Å²) in [4.78, 5) is 7.07. The highest BCUT2D eigenvalue weighted by Gasteiger charge is 2.15. The molecule has 1 aromatic heterocycles. The predicted molar refractivity (Wildman–Crippen MR) is 109 cm³/mol. The predicted octanol–water partition coefficient (Wildman–Crippen LogP) is 3.78. The third-order valence-corrected chi connectivity index (χ3v) is 3.97. The number of hydrogen-bond donors (Lipinski definition) is 3. The van der Waals surface area contributed by atoms with Gasteiger partial charge in [0.1, 0.15) is 5.82 Å². The van der Waals surface area contributed by atoms with Gasteiger partial charge in [-0.2, -0.15) is 5.10 Å². The number of nitrogens with one attached hydrogen (secondary N) is 1. The first-order valence-electron chi connectivity index (χ1n) is 7.62. The third-order valence-electron chi connectivity index (χ3n) is 3.52. The first kappa shape index (κ1) is 17.8. The maximum absolute atomic E-state index is 6.11. The average Bonchev–Trinajstić information content (AvgIpc) is 2.62. The molecule has 0 radical (unpaired) electrons. The lowest BCUT2D eigenvalue weighted by Crippen LogP contribution is -2.18. The second kappa shape index (κ2) is 7.90. The molecule has 0 saturated carbocycles. The monoisotopic (exact) mass is 382 g/mol. The molecule has 26 heavy (non-hydrogen) atoms. The van der Waals surface area contributed by atoms with E-state index in [1.54, 1.807) is 18.3 Å². The minimum Gasteiger partial charge on any atom is -0.383 e. The minimum absolute atomic E-state index is 0.124. The Bertz CT molecular complexity index is 1030. The molecule has 6 nitrogen and oxygen atoms in total. The van der Waals surface area contributed by atoms with E-state index in [9.17, 15) is 0 Å². The Morgan fingerprint density at radius 3 is 2.50 bits per heavy atom. The normalized spacial score (nSPS) is 11.8. The van der Waals surface area contributed by atoms with E-state index in [-0.39, 0.29) is 16.4 Å². The van der Waals surface area contributed by atoms with Crippen molar-refractivity contribution >= 4 is 41.7 Å². The van der Waals surface area contributed by atoms with Crippen LogP contribution in [0.1, 0.15) is 11.1 Å². The minimum atomic E-state index is 0.124. The number of hydrogen-bond acceptors (Lipinski definition) is 5. The van der Waals surface area contributed by atoms with Crippen LogP contribution in [0.4, 0.5) is 5.82 Å². The lowest BCUT2D eigenvalue weighted by molar-refractivity contribution is 1.13. The summed E-state index contributed by atoms with van der Waals surface area (Å²) >= 11 is 11.1. The molecule has 0 aliphatic carbocycles. The van der Waals surface area contributed by atoms with Gasteiger partial charge in [0.25, 0.3) is 0 Å². The van der Waals surface area contributed by atoms with Crippen molar-refractivity contribution < 1.29 is 0 Å². The first-order chi connectivity index (χ1) is 12.5. The molecule has 2 aromatic carbocycles. The van der Waals surface area contributed by atoms with Crippen LogP contribution in [0.25, 0.3) is 11.3 Å². The number of rotatable bonds is 4. The van der Waals surface area contributed by atoms with Crippen LogP contribution in [-0.2, 0) is 0 Å². The highest BCUT2D eigenvalue weighted by molar-refractivity contribution is 7.71. The Kier molecular flexibility index (Phi) is 5.40. The summed E-state index contributed by atoms with van der Waals surface area (Å²) < 4.78 is 0.247. The van der Waals surface area contributed by atoms with E-state index in [1.165, 1.54) is 0 Å². The number of amidine groups is 1. The maximum atomic E-state index is 6.11. The van der Waals surface area contributed by atoms with Crippen LogP contribution in [0, 0.1) is 4.77 Å². The molecule has 0 unspecified atom stereocenters. The van der Waals surface area contributed by atoms with Crippen molar-refractivity contribution in [2.45, 2.75) is 0 Å². The lowest BCUT2D eigenvalue weighted by atomic mass is 10.1. The first-order valence-corrected chi connectivity index (χ1v) is 8.41. The summed E-state index contributed by atoms with van der Waals surface area (Å²) in [5, 5.41) is 8.69. The number of halogens is 1. The molecule has 0 spiro atoms. The Morgan fingerprint density at radius 1 is 1.12 bits per heavy atom. The molecule has 0 atom stereocenters. The Hall–Kier alpha value is -3.03. The van der Waals surface area contributed by atoms with E-state index >= 15 is 0 Å². The molecule has 0 amide bonds. The Morgan fingerprint density at radius 2 is 1.81 bits per heavy atom. The summed E-state index contributed by atoms with van der Waals surface area (Å²) in [6, 6.07) is 16.7. The average molecular weight is 383 g/mol. The van der Waals surface area contributed by atoms with Gasteiger partial charge >= 0.3 is 0 Å². The zero-order valence-corrected chi connectivity index (χ0v) is 15.1. The van der Waals surface area contributed by atoms with E-state index in [0.29, 0.717) is 16.3 Å². The van der Waals surface area contributed by atoms with E-state index in [1.807, 2.05) is 42.5 Å². The molecule has 0 bridgehead atoms. The fourth-order valence-electron chi connectivity index (χ4n) is 2.33. The fourth-order valence-corrected chi connectivity index (χ4v) is 2.66. The maximum Gasteiger partial charge on any atom is 0.199 e. The van der Waals surface area contributed by atoms with Crippen molar-refractivity contribution in [1.29, 1.82) is 0 Å². The van der Waals surface area contributed by atoms with Gasteiger partial charge in [-0.15, -0.1) is 5.10 Å². The molecular weight excluding hydrogens is 368 g/mol. The number of nitrogens with two attached hydrogens (primary N) is 2. The van der Waals surface area contributed by atoms with Gasteiger partial charge in [-0.3, -0.25) is 0 Å². The summed E-state index contributed by atoms with van der Waals surface area (Å²) in [7, 11) is 0. The van der Waals surface area contributed by atoms with Crippen LogP contribution in [0.3, 0.4) is 0 Å². The van der Waals surface area contributed by atoms with E-state index in [2.05, 4.69) is 20.2 Å². The molecule has 0 fully saturated rings. The molecule has 3 aromatic rings. The molecular formula is C18H15ClN6S. The zero-order valence-electron chi connectivity index (χ0n) is 13.6. The van der Waals surface area contributed by atoms with Crippen molar-refractivity contribution in [3.63, 3.8) is 0 Å². The summed E-state index contributed by atoms with van der Waals surface area (Å²) in [5.74, 6) is 0.299. The smallest absolute Gasteiger partial charge is 0.199 e. The molecule has 130 valence electrons.